The molecule has 1 aromatic rings. The number of anilines is 1. The molecule has 28 heavy (non-hydrogen) atoms. The first-order valence-corrected chi connectivity index (χ1v) is 11.0. The van der Waals surface area contributed by atoms with Crippen LogP contribution in [0, 0.1) is 0 Å². The van der Waals surface area contributed by atoms with E-state index in [0.29, 0.717) is 6.07 Å². The lowest BCUT2D eigenvalue weighted by molar-refractivity contribution is -0.117. The first kappa shape index (κ1) is 24.1. The van der Waals surface area contributed by atoms with Gasteiger partial charge in [-0.15, -0.1) is 0 Å². The average molecular weight is 457 g/mol. The fraction of sp³-hybridized carbons (Fsp3) is 0.429. The van der Waals surface area contributed by atoms with Crippen molar-refractivity contribution >= 4 is 49.3 Å². The van der Waals surface area contributed by atoms with Gasteiger partial charge in [-0.1, -0.05) is 11.6 Å². The Kier molecular flexibility index (Phi) is 7.07. The molecule has 0 saturated carbocycles. The molecule has 2 amide bonds. The molecule has 0 aliphatic heterocycles. The van der Waals surface area contributed by atoms with Crippen molar-refractivity contribution in [1.29, 1.82) is 0 Å². The molecule has 0 fully saturated rings. The van der Waals surface area contributed by atoms with Gasteiger partial charge in [-0.3, -0.25) is 4.79 Å². The van der Waals surface area contributed by atoms with Crippen molar-refractivity contribution in [2.45, 2.75) is 36.2 Å². The number of rotatable bonds is 5. The summed E-state index contributed by atoms with van der Waals surface area (Å²) in [5, 5.41) is 11.8. The van der Waals surface area contributed by atoms with Crippen molar-refractivity contribution in [2.24, 2.45) is 10.3 Å². The zero-order chi connectivity index (χ0) is 22.1. The van der Waals surface area contributed by atoms with Gasteiger partial charge in [-0.2, -0.15) is 0 Å². The van der Waals surface area contributed by atoms with E-state index < -0.39 is 59.0 Å². The molecule has 0 aromatic heterocycles. The number of benzene rings is 1. The molecule has 1 rings (SSSR count). The van der Waals surface area contributed by atoms with Gasteiger partial charge in [0, 0.05) is 7.05 Å². The number of carbonyl (C=O) groups is 2. The van der Waals surface area contributed by atoms with E-state index >= 15 is 0 Å². The summed E-state index contributed by atoms with van der Waals surface area (Å²) in [6.45, 7) is 4.44. The Balaban J connectivity index is 3.16. The highest BCUT2D eigenvalue weighted by Gasteiger charge is 2.25. The summed E-state index contributed by atoms with van der Waals surface area (Å²) in [4.78, 5) is 23.6. The molecule has 0 unspecified atom stereocenters. The molecule has 0 heterocycles. The molecule has 0 aliphatic carbocycles. The number of nitrogens with two attached hydrogens (primary N) is 2. The van der Waals surface area contributed by atoms with Crippen molar-refractivity contribution < 1.29 is 31.2 Å². The van der Waals surface area contributed by atoms with Crippen molar-refractivity contribution in [3.63, 3.8) is 0 Å². The van der Waals surface area contributed by atoms with Crippen LogP contribution in [0.4, 0.5) is 10.5 Å². The molecule has 5 N–H and O–H groups in total. The minimum Gasteiger partial charge on any atom is -0.444 e. The maximum atomic E-state index is 12.2. The highest BCUT2D eigenvalue weighted by atomic mass is 35.5. The Labute approximate surface area is 168 Å². The zero-order valence-electron chi connectivity index (χ0n) is 15.5. The Bertz CT molecular complexity index is 1000. The molecule has 0 saturated heterocycles. The van der Waals surface area contributed by atoms with Gasteiger partial charge in [0.1, 0.15) is 21.9 Å². The highest BCUT2D eigenvalue weighted by molar-refractivity contribution is 7.90. The number of likely N-dealkylation sites (N-methyl/N-ethyl adjacent to an activating group) is 1. The number of ether oxygens (including phenoxy) is 1. The Hall–Kier alpha value is -1.93. The smallest absolute Gasteiger partial charge is 0.410 e. The summed E-state index contributed by atoms with van der Waals surface area (Å²) in [5.41, 5.74) is -1.15. The van der Waals surface area contributed by atoms with Crippen molar-refractivity contribution in [1.82, 2.24) is 4.90 Å². The van der Waals surface area contributed by atoms with Crippen LogP contribution in [0.3, 0.4) is 0 Å². The highest BCUT2D eigenvalue weighted by Crippen LogP contribution is 2.30. The summed E-state index contributed by atoms with van der Waals surface area (Å²) >= 11 is 5.82. The van der Waals surface area contributed by atoms with E-state index in [2.05, 4.69) is 5.32 Å². The summed E-state index contributed by atoms with van der Waals surface area (Å²) in [6.07, 6.45) is -0.781. The third-order valence-corrected chi connectivity index (χ3v) is 5.33. The van der Waals surface area contributed by atoms with Gasteiger partial charge in [-0.05, 0) is 32.9 Å². The molecular weight excluding hydrogens is 436 g/mol. The van der Waals surface area contributed by atoms with E-state index in [-0.39, 0.29) is 5.69 Å². The number of amides is 2. The fourth-order valence-electron chi connectivity index (χ4n) is 1.90. The van der Waals surface area contributed by atoms with E-state index in [1.807, 2.05) is 0 Å². The van der Waals surface area contributed by atoms with Crippen LogP contribution in [-0.2, 0) is 29.6 Å². The number of sulfonamides is 2. The quantitative estimate of drug-likeness (QED) is 0.574. The number of nitrogens with zero attached hydrogens (tertiary/aromatic N) is 1. The predicted molar refractivity (Wildman–Crippen MR) is 102 cm³/mol. The minimum absolute atomic E-state index is 0.373. The summed E-state index contributed by atoms with van der Waals surface area (Å²) in [5.74, 6) is -0.808. The molecule has 14 heteroatoms. The largest absolute Gasteiger partial charge is 0.444 e. The molecule has 0 spiro atoms. The van der Waals surface area contributed by atoms with E-state index in [9.17, 15) is 26.4 Å². The van der Waals surface area contributed by atoms with E-state index in [4.69, 9.17) is 26.6 Å². The molecule has 1 aromatic carbocycles. The van der Waals surface area contributed by atoms with Gasteiger partial charge < -0.3 is 15.0 Å². The van der Waals surface area contributed by atoms with Gasteiger partial charge in [-0.25, -0.2) is 31.9 Å². The number of hydrogen-bond acceptors (Lipinski definition) is 7. The van der Waals surface area contributed by atoms with Crippen LogP contribution in [0.25, 0.3) is 0 Å². The summed E-state index contributed by atoms with van der Waals surface area (Å²) in [7, 11) is -7.49. The molecule has 11 nitrogen and oxygen atoms in total. The van der Waals surface area contributed by atoms with Crippen LogP contribution < -0.4 is 15.6 Å². The third kappa shape index (κ3) is 6.91. The molecule has 0 radical (unpaired) electrons. The first-order valence-electron chi connectivity index (χ1n) is 7.55. The zero-order valence-corrected chi connectivity index (χ0v) is 17.9. The van der Waals surface area contributed by atoms with Crippen molar-refractivity contribution in [3.8, 4) is 0 Å². The van der Waals surface area contributed by atoms with Crippen LogP contribution in [0.2, 0.25) is 5.02 Å². The second-order valence-electron chi connectivity index (χ2n) is 6.75. The van der Waals surface area contributed by atoms with Crippen molar-refractivity contribution in [2.75, 3.05) is 18.9 Å². The van der Waals surface area contributed by atoms with E-state index in [0.717, 1.165) is 11.0 Å². The maximum Gasteiger partial charge on any atom is 0.410 e. The lowest BCUT2D eigenvalue weighted by Crippen LogP contribution is -2.39. The van der Waals surface area contributed by atoms with E-state index in [1.165, 1.54) is 7.05 Å². The van der Waals surface area contributed by atoms with Gasteiger partial charge in [0.05, 0.1) is 10.7 Å². The second-order valence-corrected chi connectivity index (χ2v) is 10.2. The van der Waals surface area contributed by atoms with Crippen molar-refractivity contribution in [3.05, 3.63) is 17.2 Å². The minimum atomic E-state index is -4.45. The monoisotopic (exact) mass is 456 g/mol. The van der Waals surface area contributed by atoms with Crippen LogP contribution >= 0.6 is 11.6 Å². The molecular formula is C14H21ClN4O7S2. The van der Waals surface area contributed by atoms with Crippen LogP contribution in [-0.4, -0.2) is 52.9 Å². The lowest BCUT2D eigenvalue weighted by atomic mass is 10.2. The molecule has 0 aliphatic rings. The molecule has 0 atom stereocenters. The van der Waals surface area contributed by atoms with Gasteiger partial charge >= 0.3 is 6.09 Å². The maximum absolute atomic E-state index is 12.2. The number of nitrogens with one attached hydrogen (secondary N) is 1. The van der Waals surface area contributed by atoms with Gasteiger partial charge in [0.2, 0.25) is 26.0 Å². The molecule has 158 valence electrons. The number of carbonyl (C=O) groups excluding carboxylic acids is 2. The SMILES string of the molecule is CN(CC(=O)Nc1cc(Cl)c(S(N)(=O)=O)cc1S(N)(=O)=O)C(=O)OC(C)(C)C. The predicted octanol–water partition coefficient (Wildman–Crippen LogP) is 0.440. The standard InChI is InChI=1S/C14H21ClN4O7S2/c1-14(2,3)26-13(21)19(4)7-12(20)18-9-5-8(15)10(27(16,22)23)6-11(9)28(17,24)25/h5-6H,7H2,1-4H3,(H,18,20)(H2,16,22,23)(H2,17,24,25). The van der Waals surface area contributed by atoms with E-state index in [1.54, 1.807) is 20.8 Å². The van der Waals surface area contributed by atoms with Crippen LogP contribution in [0.5, 0.6) is 0 Å². The third-order valence-electron chi connectivity index (χ3n) is 3.01. The Morgan fingerprint density at radius 3 is 2.04 bits per heavy atom. The Morgan fingerprint density at radius 1 is 1.11 bits per heavy atom. The Morgan fingerprint density at radius 2 is 1.61 bits per heavy atom. The molecule has 0 bridgehead atoms. The topological polar surface area (TPSA) is 179 Å². The van der Waals surface area contributed by atoms with Gasteiger partial charge in [0.25, 0.3) is 0 Å². The van der Waals surface area contributed by atoms with Crippen LogP contribution in [0.1, 0.15) is 20.8 Å². The average Bonchev–Trinajstić information content (AvgIpc) is 2.42. The normalized spacial score (nSPS) is 12.4. The van der Waals surface area contributed by atoms with Crippen LogP contribution in [0.15, 0.2) is 21.9 Å². The summed E-state index contributed by atoms with van der Waals surface area (Å²) < 4.78 is 51.7. The number of primary sulfonamides is 2. The number of hydrogen-bond donors (Lipinski definition) is 3. The summed E-state index contributed by atoms with van der Waals surface area (Å²) in [6, 6.07) is 1.52. The fourth-order valence-corrected chi connectivity index (χ4v) is 3.77. The second kappa shape index (κ2) is 8.21. The number of halogens is 1. The van der Waals surface area contributed by atoms with Gasteiger partial charge in [0.15, 0.2) is 0 Å². The first-order chi connectivity index (χ1) is 12.4. The lowest BCUT2D eigenvalue weighted by Gasteiger charge is -2.24.